The first-order valence-corrected chi connectivity index (χ1v) is 33.6. The van der Waals surface area contributed by atoms with E-state index in [0.29, 0.717) is 0 Å². The van der Waals surface area contributed by atoms with Crippen LogP contribution in [0.1, 0.15) is 33.9 Å². The summed E-state index contributed by atoms with van der Waals surface area (Å²) in [5.41, 5.74) is 14.3. The summed E-state index contributed by atoms with van der Waals surface area (Å²) in [7, 11) is 0. The topological polar surface area (TPSA) is 150 Å². The molecule has 0 spiro atoms. The van der Waals surface area contributed by atoms with E-state index in [2.05, 4.69) is 177 Å². The van der Waals surface area contributed by atoms with Gasteiger partial charge >= 0.3 is 0 Å². The lowest BCUT2D eigenvalue weighted by Gasteiger charge is -2.30. The zero-order valence-corrected chi connectivity index (χ0v) is 54.5. The summed E-state index contributed by atoms with van der Waals surface area (Å²) in [6.45, 7) is 14.4. The van der Waals surface area contributed by atoms with Crippen molar-refractivity contribution in [2.24, 2.45) is 0 Å². The molecule has 0 amide bonds. The molecule has 0 aliphatic carbocycles. The lowest BCUT2D eigenvalue weighted by Crippen LogP contribution is -2.36. The van der Waals surface area contributed by atoms with Crippen LogP contribution in [-0.4, -0.2) is 56.2 Å². The van der Waals surface area contributed by atoms with E-state index in [-0.39, 0.29) is 0 Å². The number of rotatable bonds is 12. The Balaban J connectivity index is 0.000000115. The van der Waals surface area contributed by atoms with Gasteiger partial charge in [-0.1, -0.05) is 138 Å². The highest BCUT2D eigenvalue weighted by atomic mass is 35.5. The van der Waals surface area contributed by atoms with Gasteiger partial charge in [-0.3, -0.25) is 4.98 Å². The molecule has 0 unspecified atom stereocenters. The number of aromatic nitrogens is 6. The Hall–Kier alpha value is -8.85. The highest BCUT2D eigenvalue weighted by Gasteiger charge is 2.16. The SMILES string of the molecule is Cc1ccc2nc(Nc3cccc4ccccc34)sc2c1.Cc1csc(NCc2ccccc2)n1.Cc1csc(Nc2ccc(Cl)c3ccccc23)n1.Cc1csc(Nc2cccc3ncccc23)n1.Cc1csc(Nc2ccccc2N2CCOCC2)n1. The van der Waals surface area contributed by atoms with E-state index in [0.717, 1.165) is 136 Å². The van der Waals surface area contributed by atoms with Gasteiger partial charge in [-0.2, -0.15) is 0 Å². The molecule has 6 aromatic heterocycles. The Morgan fingerprint density at radius 2 is 0.978 bits per heavy atom. The number of morpholine rings is 1. The van der Waals surface area contributed by atoms with Crippen LogP contribution in [0.2, 0.25) is 5.02 Å². The number of fused-ring (bicyclic) bond motifs is 4. The summed E-state index contributed by atoms with van der Waals surface area (Å²) in [4.78, 5) is 28.9. The zero-order valence-electron chi connectivity index (χ0n) is 49.7. The Morgan fingerprint density at radius 3 is 1.65 bits per heavy atom. The minimum absolute atomic E-state index is 0.770. The van der Waals surface area contributed by atoms with E-state index in [4.69, 9.17) is 16.3 Å². The highest BCUT2D eigenvalue weighted by Crippen LogP contribution is 2.35. The summed E-state index contributed by atoms with van der Waals surface area (Å²) < 4.78 is 6.63. The third-order valence-corrected chi connectivity index (χ3v) is 18.6. The van der Waals surface area contributed by atoms with Gasteiger partial charge in [0.25, 0.3) is 0 Å². The normalized spacial score (nSPS) is 11.7. The van der Waals surface area contributed by atoms with E-state index in [1.165, 1.54) is 32.3 Å². The third-order valence-electron chi connectivity index (χ3n) is 13.8. The maximum absolute atomic E-state index is 6.20. The minimum Gasteiger partial charge on any atom is -0.378 e. The molecule has 1 fully saturated rings. The van der Waals surface area contributed by atoms with Crippen LogP contribution in [0.5, 0.6) is 0 Å². The van der Waals surface area contributed by atoms with Crippen molar-refractivity contribution in [3.63, 3.8) is 0 Å². The average molecular weight is 1290 g/mol. The van der Waals surface area contributed by atoms with Gasteiger partial charge in [-0.05, 0) is 118 Å². The molecule has 0 radical (unpaired) electrons. The van der Waals surface area contributed by atoms with E-state index < -0.39 is 0 Å². The Kier molecular flexibility index (Phi) is 21.1. The van der Waals surface area contributed by atoms with Crippen molar-refractivity contribution in [2.75, 3.05) is 57.8 Å². The number of thiazole rings is 5. The molecule has 1 saturated heterocycles. The number of nitrogens with one attached hydrogen (secondary N) is 5. The van der Waals surface area contributed by atoms with Crippen molar-refractivity contribution in [1.82, 2.24) is 29.9 Å². The van der Waals surface area contributed by atoms with Gasteiger partial charge in [-0.25, -0.2) is 24.9 Å². The number of halogens is 1. The molecule has 14 aromatic rings. The first-order chi connectivity index (χ1) is 43.5. The van der Waals surface area contributed by atoms with Crippen LogP contribution in [0.15, 0.2) is 210 Å². The Bertz CT molecular complexity index is 4570. The van der Waals surface area contributed by atoms with Gasteiger partial charge in [-0.15, -0.1) is 45.3 Å². The quantitative estimate of drug-likeness (QED) is 0.0790. The van der Waals surface area contributed by atoms with Crippen LogP contribution in [-0.2, 0) is 11.3 Å². The molecule has 1 aliphatic rings. The number of anilines is 10. The molecular formula is C70H65ClN12OS5. The van der Waals surface area contributed by atoms with E-state index in [1.54, 1.807) is 62.9 Å². The maximum atomic E-state index is 6.20. The number of pyridine rings is 1. The van der Waals surface area contributed by atoms with Gasteiger partial charge in [0.2, 0.25) is 0 Å². The van der Waals surface area contributed by atoms with Gasteiger partial charge in [0.1, 0.15) is 0 Å². The molecule has 8 aromatic carbocycles. The first-order valence-electron chi connectivity index (χ1n) is 28.9. The smallest absolute Gasteiger partial charge is 0.188 e. The number of para-hydroxylation sites is 2. The number of nitrogens with zero attached hydrogens (tertiary/aromatic N) is 7. The molecule has 0 bridgehead atoms. The molecule has 1 aliphatic heterocycles. The minimum atomic E-state index is 0.770. The van der Waals surface area contributed by atoms with Crippen molar-refractivity contribution < 1.29 is 4.74 Å². The number of aryl methyl sites for hydroxylation is 5. The second-order valence-corrected chi connectivity index (χ2v) is 25.5. The van der Waals surface area contributed by atoms with Crippen LogP contribution >= 0.6 is 68.3 Å². The number of benzene rings is 8. The van der Waals surface area contributed by atoms with Gasteiger partial charge < -0.3 is 36.2 Å². The summed E-state index contributed by atoms with van der Waals surface area (Å²) in [6, 6.07) is 61.8. The van der Waals surface area contributed by atoms with Crippen LogP contribution < -0.4 is 31.5 Å². The van der Waals surface area contributed by atoms with Crippen molar-refractivity contribution in [3.8, 4) is 0 Å². The fraction of sp³-hybridized carbons (Fsp3) is 0.143. The monoisotopic (exact) mass is 1280 g/mol. The lowest BCUT2D eigenvalue weighted by atomic mass is 10.1. The summed E-state index contributed by atoms with van der Waals surface area (Å²) >= 11 is 14.4. The maximum Gasteiger partial charge on any atom is 0.188 e. The molecule has 13 nitrogen and oxygen atoms in total. The second kappa shape index (κ2) is 30.4. The summed E-state index contributed by atoms with van der Waals surface area (Å²) in [5, 5.41) is 36.2. The van der Waals surface area contributed by atoms with Gasteiger partial charge in [0.15, 0.2) is 25.7 Å². The standard InChI is InChI=1S/C18H14N2S.C14H11ClN2S.C14H17N3OS.C13H11N3S.C11H12N2S/c1-12-9-10-16-17(11-12)21-18(20-16)19-15-8-4-6-13-5-2-3-7-14(13)15;1-9-8-18-14(16-9)17-13-7-6-12(15)10-4-2-3-5-11(10)13;1-11-10-19-14(15-11)16-12-4-2-3-5-13(12)17-6-8-18-9-7-17;1-9-8-17-13(15-9)16-12-6-2-5-11-10(12)4-3-7-14-11;1-9-8-14-11(13-9)12-7-10-5-3-2-4-6-10/h2-11H,1H3,(H,19,20);2-8H,1H3,(H,16,17);2-5,10H,6-9H2,1H3,(H,15,16);2-8H,1H3,(H,15,16);2-6,8H,7H2,1H3,(H,12,13). The second-order valence-electron chi connectivity index (χ2n) is 20.7. The van der Waals surface area contributed by atoms with Gasteiger partial charge in [0.05, 0.1) is 63.1 Å². The van der Waals surface area contributed by atoms with Crippen molar-refractivity contribution in [3.05, 3.63) is 249 Å². The fourth-order valence-electron chi connectivity index (χ4n) is 9.57. The average Bonchev–Trinajstić information content (AvgIpc) is 3.34. The molecule has 7 heterocycles. The molecule has 0 atom stereocenters. The lowest BCUT2D eigenvalue weighted by molar-refractivity contribution is 0.123. The number of hydrogen-bond acceptors (Lipinski definition) is 18. The van der Waals surface area contributed by atoms with E-state index >= 15 is 0 Å². The van der Waals surface area contributed by atoms with Crippen molar-refractivity contribution in [1.29, 1.82) is 0 Å². The fourth-order valence-corrected chi connectivity index (χ4v) is 13.6. The van der Waals surface area contributed by atoms with Crippen molar-refractivity contribution >= 4 is 165 Å². The predicted molar refractivity (Wildman–Crippen MR) is 383 cm³/mol. The Morgan fingerprint density at radius 1 is 0.449 bits per heavy atom. The van der Waals surface area contributed by atoms with Crippen molar-refractivity contribution in [2.45, 2.75) is 41.2 Å². The first kappa shape index (κ1) is 61.8. The summed E-state index contributed by atoms with van der Waals surface area (Å²) in [5.74, 6) is 0. The third kappa shape index (κ3) is 17.1. The molecule has 19 heteroatoms. The van der Waals surface area contributed by atoms with Crippen LogP contribution in [0.4, 0.5) is 54.1 Å². The van der Waals surface area contributed by atoms with E-state index in [1.807, 2.05) is 123 Å². The van der Waals surface area contributed by atoms with Gasteiger partial charge in [0, 0.05) is 91.0 Å². The van der Waals surface area contributed by atoms with Crippen LogP contribution in [0.3, 0.4) is 0 Å². The molecule has 0 saturated carbocycles. The Labute approximate surface area is 543 Å². The molecule has 89 heavy (non-hydrogen) atoms. The van der Waals surface area contributed by atoms with Crippen LogP contribution in [0, 0.1) is 34.6 Å². The molecular weight excluding hydrogens is 1220 g/mol. The number of ether oxygens (including phenoxy) is 1. The molecule has 5 N–H and O–H groups in total. The predicted octanol–water partition coefficient (Wildman–Crippen LogP) is 20.3. The highest BCUT2D eigenvalue weighted by molar-refractivity contribution is 7.22. The largest absolute Gasteiger partial charge is 0.378 e. The zero-order chi connectivity index (χ0) is 61.3. The number of hydrogen-bond donors (Lipinski definition) is 5. The van der Waals surface area contributed by atoms with E-state index in [9.17, 15) is 0 Å². The molecule has 448 valence electrons. The molecule has 15 rings (SSSR count). The van der Waals surface area contributed by atoms with Crippen LogP contribution in [0.25, 0.3) is 42.7 Å². The summed E-state index contributed by atoms with van der Waals surface area (Å²) in [6.07, 6.45) is 1.81.